The summed E-state index contributed by atoms with van der Waals surface area (Å²) < 4.78 is 1.87. The van der Waals surface area contributed by atoms with Gasteiger partial charge in [0.2, 0.25) is 0 Å². The van der Waals surface area contributed by atoms with Crippen LogP contribution in [0.25, 0.3) is 0 Å². The van der Waals surface area contributed by atoms with Gasteiger partial charge in [-0.3, -0.25) is 19.6 Å². The largest absolute Gasteiger partial charge is 0.365 e. The minimum absolute atomic E-state index is 0.0863. The number of rotatable bonds is 4. The molecule has 0 aromatic carbocycles. The molecule has 0 unspecified atom stereocenters. The van der Waals surface area contributed by atoms with Gasteiger partial charge in [-0.2, -0.15) is 5.10 Å². The van der Waals surface area contributed by atoms with Crippen LogP contribution in [0.2, 0.25) is 0 Å². The number of anilines is 1. The maximum Gasteiger partial charge on any atom is 0.288 e. The fourth-order valence-corrected chi connectivity index (χ4v) is 3.15. The molecule has 1 aliphatic rings. The predicted molar refractivity (Wildman–Crippen MR) is 86.8 cm³/mol. The summed E-state index contributed by atoms with van der Waals surface area (Å²) in [7, 11) is 1.92. The summed E-state index contributed by atoms with van der Waals surface area (Å²) in [6.07, 6.45) is 4.71. The second kappa shape index (κ2) is 6.26. The number of nitrogens with two attached hydrogens (primary N) is 1. The van der Waals surface area contributed by atoms with E-state index < -0.39 is 10.8 Å². The average Bonchev–Trinajstić information content (AvgIpc) is 3.00. The summed E-state index contributed by atoms with van der Waals surface area (Å²) in [5, 5.41) is 15.1. The van der Waals surface area contributed by atoms with E-state index in [2.05, 4.69) is 10.1 Å². The van der Waals surface area contributed by atoms with Gasteiger partial charge in [-0.15, -0.1) is 0 Å². The Balaban J connectivity index is 1.80. The number of carbonyl (C=O) groups is 1. The van der Waals surface area contributed by atoms with Crippen LogP contribution in [0.15, 0.2) is 24.5 Å². The van der Waals surface area contributed by atoms with Gasteiger partial charge in [0.25, 0.3) is 11.6 Å². The van der Waals surface area contributed by atoms with Crippen molar-refractivity contribution >= 4 is 17.4 Å². The molecule has 0 saturated carbocycles. The molecule has 126 valence electrons. The summed E-state index contributed by atoms with van der Waals surface area (Å²) in [5.41, 5.74) is 6.40. The molecule has 3 heterocycles. The number of piperidine rings is 1. The molecule has 1 saturated heterocycles. The van der Waals surface area contributed by atoms with E-state index in [-0.39, 0.29) is 11.3 Å². The van der Waals surface area contributed by atoms with Crippen molar-refractivity contribution < 1.29 is 9.72 Å². The summed E-state index contributed by atoms with van der Waals surface area (Å²) in [4.78, 5) is 28.0. The third-order valence-electron chi connectivity index (χ3n) is 4.40. The normalized spacial score (nSPS) is 15.5. The van der Waals surface area contributed by atoms with Crippen LogP contribution in [0.5, 0.6) is 0 Å². The second-order valence-corrected chi connectivity index (χ2v) is 5.83. The number of hydrogen-bond donors (Lipinski definition) is 1. The van der Waals surface area contributed by atoms with Crippen molar-refractivity contribution in [3.63, 3.8) is 0 Å². The highest BCUT2D eigenvalue weighted by molar-refractivity contribution is 5.98. The molecule has 0 bridgehead atoms. The van der Waals surface area contributed by atoms with Gasteiger partial charge in [-0.05, 0) is 18.9 Å². The molecule has 2 aromatic rings. The van der Waals surface area contributed by atoms with E-state index in [1.165, 1.54) is 11.8 Å². The topological polar surface area (TPSA) is 120 Å². The first-order valence-corrected chi connectivity index (χ1v) is 7.64. The van der Waals surface area contributed by atoms with E-state index in [0.29, 0.717) is 24.8 Å². The molecular weight excluding hydrogens is 312 g/mol. The molecular formula is C15H18N6O3. The minimum Gasteiger partial charge on any atom is -0.365 e. The summed E-state index contributed by atoms with van der Waals surface area (Å²) >= 11 is 0. The number of aryl methyl sites for hydroxylation is 1. The SMILES string of the molecule is Cn1nccc1C1CCN(c2ncc([N+](=O)[O-])cc2C(N)=O)CC1. The molecule has 24 heavy (non-hydrogen) atoms. The van der Waals surface area contributed by atoms with E-state index >= 15 is 0 Å². The van der Waals surface area contributed by atoms with Crippen molar-refractivity contribution in [2.75, 3.05) is 18.0 Å². The third-order valence-corrected chi connectivity index (χ3v) is 4.40. The Morgan fingerprint density at radius 2 is 2.12 bits per heavy atom. The zero-order chi connectivity index (χ0) is 17.3. The van der Waals surface area contributed by atoms with Crippen LogP contribution in [0.1, 0.15) is 34.8 Å². The molecule has 2 N–H and O–H groups in total. The van der Waals surface area contributed by atoms with Gasteiger partial charge >= 0.3 is 0 Å². The van der Waals surface area contributed by atoms with Gasteiger partial charge in [0.05, 0.1) is 10.5 Å². The monoisotopic (exact) mass is 330 g/mol. The maximum atomic E-state index is 11.7. The summed E-state index contributed by atoms with van der Waals surface area (Å²) in [5.74, 6) is 0.0929. The highest BCUT2D eigenvalue weighted by Gasteiger charge is 2.26. The number of amides is 1. The first-order valence-electron chi connectivity index (χ1n) is 7.64. The first kappa shape index (κ1) is 15.9. The van der Waals surface area contributed by atoms with Crippen molar-refractivity contribution in [3.05, 3.63) is 45.9 Å². The fourth-order valence-electron chi connectivity index (χ4n) is 3.15. The van der Waals surface area contributed by atoms with Crippen molar-refractivity contribution in [2.24, 2.45) is 12.8 Å². The standard InChI is InChI=1S/C15H18N6O3/c1-19-13(2-5-18-19)10-3-6-20(7-4-10)15-12(14(16)22)8-11(9-17-15)21(23)24/h2,5,8-10H,3-4,6-7H2,1H3,(H2,16,22). The van der Waals surface area contributed by atoms with E-state index in [0.717, 1.165) is 19.0 Å². The third kappa shape index (κ3) is 2.92. The molecule has 1 aliphatic heterocycles. The lowest BCUT2D eigenvalue weighted by Crippen LogP contribution is -2.35. The van der Waals surface area contributed by atoms with Crippen LogP contribution in [-0.4, -0.2) is 38.7 Å². The average molecular weight is 330 g/mol. The number of nitro groups is 1. The van der Waals surface area contributed by atoms with Gasteiger partial charge < -0.3 is 10.6 Å². The molecule has 1 fully saturated rings. The Labute approximate surface area is 138 Å². The van der Waals surface area contributed by atoms with Crippen LogP contribution >= 0.6 is 0 Å². The maximum absolute atomic E-state index is 11.7. The molecule has 0 aliphatic carbocycles. The highest BCUT2D eigenvalue weighted by atomic mass is 16.6. The number of carbonyl (C=O) groups excluding carboxylic acids is 1. The Bertz CT molecular complexity index is 779. The molecule has 1 amide bonds. The van der Waals surface area contributed by atoms with Crippen molar-refractivity contribution in [3.8, 4) is 0 Å². The number of nitrogens with zero attached hydrogens (tertiary/aromatic N) is 5. The summed E-state index contributed by atoms with van der Waals surface area (Å²) in [6, 6.07) is 3.21. The Hall–Kier alpha value is -2.97. The van der Waals surface area contributed by atoms with Crippen LogP contribution < -0.4 is 10.6 Å². The highest BCUT2D eigenvalue weighted by Crippen LogP contribution is 2.31. The molecule has 9 nitrogen and oxygen atoms in total. The fraction of sp³-hybridized carbons (Fsp3) is 0.400. The van der Waals surface area contributed by atoms with Crippen molar-refractivity contribution in [1.29, 1.82) is 0 Å². The quantitative estimate of drug-likeness (QED) is 0.664. The molecule has 0 atom stereocenters. The molecule has 0 radical (unpaired) electrons. The van der Waals surface area contributed by atoms with Crippen LogP contribution in [-0.2, 0) is 7.05 Å². The van der Waals surface area contributed by atoms with Crippen molar-refractivity contribution in [1.82, 2.24) is 14.8 Å². The lowest BCUT2D eigenvalue weighted by Gasteiger charge is -2.33. The molecule has 2 aromatic heterocycles. The number of hydrogen-bond acceptors (Lipinski definition) is 6. The van der Waals surface area contributed by atoms with Crippen LogP contribution in [0.4, 0.5) is 11.5 Å². The van der Waals surface area contributed by atoms with Gasteiger partial charge in [0.1, 0.15) is 12.0 Å². The van der Waals surface area contributed by atoms with E-state index in [1.54, 1.807) is 6.20 Å². The molecule has 9 heteroatoms. The van der Waals surface area contributed by atoms with Crippen molar-refractivity contribution in [2.45, 2.75) is 18.8 Å². The zero-order valence-electron chi connectivity index (χ0n) is 13.3. The molecule has 3 rings (SSSR count). The lowest BCUT2D eigenvalue weighted by molar-refractivity contribution is -0.385. The van der Waals surface area contributed by atoms with Crippen LogP contribution in [0.3, 0.4) is 0 Å². The van der Waals surface area contributed by atoms with E-state index in [1.807, 2.05) is 22.7 Å². The Morgan fingerprint density at radius 3 is 2.67 bits per heavy atom. The van der Waals surface area contributed by atoms with E-state index in [9.17, 15) is 14.9 Å². The van der Waals surface area contributed by atoms with Gasteiger partial charge in [-0.25, -0.2) is 4.98 Å². The van der Waals surface area contributed by atoms with Gasteiger partial charge in [0.15, 0.2) is 0 Å². The number of pyridine rings is 1. The summed E-state index contributed by atoms with van der Waals surface area (Å²) in [6.45, 7) is 1.39. The van der Waals surface area contributed by atoms with Gasteiger partial charge in [0, 0.05) is 44.0 Å². The smallest absolute Gasteiger partial charge is 0.288 e. The minimum atomic E-state index is -0.713. The van der Waals surface area contributed by atoms with E-state index in [4.69, 9.17) is 5.73 Å². The number of aromatic nitrogens is 3. The number of primary amides is 1. The second-order valence-electron chi connectivity index (χ2n) is 5.83. The van der Waals surface area contributed by atoms with Gasteiger partial charge in [-0.1, -0.05) is 0 Å². The Kier molecular flexibility index (Phi) is 4.15. The zero-order valence-corrected chi connectivity index (χ0v) is 13.3. The lowest BCUT2D eigenvalue weighted by atomic mass is 9.93. The first-order chi connectivity index (χ1) is 11.5. The Morgan fingerprint density at radius 1 is 1.42 bits per heavy atom. The molecule has 0 spiro atoms. The predicted octanol–water partition coefficient (Wildman–Crippen LogP) is 1.21. The van der Waals surface area contributed by atoms with Crippen LogP contribution in [0, 0.1) is 10.1 Å².